The minimum absolute atomic E-state index is 0.0632. The summed E-state index contributed by atoms with van der Waals surface area (Å²) >= 11 is 5.31. The fourth-order valence-electron chi connectivity index (χ4n) is 3.60. The van der Waals surface area contributed by atoms with Gasteiger partial charge in [0.25, 0.3) is 5.56 Å². The summed E-state index contributed by atoms with van der Waals surface area (Å²) in [4.78, 5) is 16.9. The summed E-state index contributed by atoms with van der Waals surface area (Å²) in [7, 11) is 0. The van der Waals surface area contributed by atoms with Gasteiger partial charge in [-0.25, -0.2) is 0 Å². The maximum Gasteiger partial charge on any atom is 0.277 e. The van der Waals surface area contributed by atoms with Crippen LogP contribution < -0.4 is 5.56 Å². The first-order chi connectivity index (χ1) is 12.2. The molecule has 25 heavy (non-hydrogen) atoms. The highest BCUT2D eigenvalue weighted by Crippen LogP contribution is 2.35. The first-order valence-corrected chi connectivity index (χ1v) is 10.6. The first kappa shape index (κ1) is 16.9. The molecule has 0 radical (unpaired) electrons. The van der Waals surface area contributed by atoms with Crippen LogP contribution in [0.4, 0.5) is 0 Å². The predicted octanol–water partition coefficient (Wildman–Crippen LogP) is 4.59. The molecule has 1 atom stereocenters. The number of fused-ring (bicyclic) bond motifs is 2. The molecular formula is C20H19BrN2OS. The third kappa shape index (κ3) is 2.93. The van der Waals surface area contributed by atoms with Gasteiger partial charge in [-0.2, -0.15) is 4.98 Å². The molecule has 0 aliphatic carbocycles. The lowest BCUT2D eigenvalue weighted by molar-refractivity contribution is 0.537. The fraction of sp³-hybridized carbons (Fsp3) is 0.300. The van der Waals surface area contributed by atoms with Crippen LogP contribution in [0.5, 0.6) is 0 Å². The van der Waals surface area contributed by atoms with Crippen molar-refractivity contribution in [1.29, 1.82) is 0 Å². The zero-order chi connectivity index (χ0) is 17.4. The zero-order valence-electron chi connectivity index (χ0n) is 14.0. The molecule has 1 aromatic heterocycles. The summed E-state index contributed by atoms with van der Waals surface area (Å²) in [6, 6.07) is 15.2. The highest BCUT2D eigenvalue weighted by molar-refractivity contribution is 9.09. The molecule has 1 aliphatic heterocycles. The van der Waals surface area contributed by atoms with E-state index in [9.17, 15) is 4.79 Å². The van der Waals surface area contributed by atoms with Crippen LogP contribution in [0.1, 0.15) is 29.8 Å². The van der Waals surface area contributed by atoms with Gasteiger partial charge in [0.1, 0.15) is 0 Å². The van der Waals surface area contributed by atoms with Crippen molar-refractivity contribution in [2.24, 2.45) is 0 Å². The lowest BCUT2D eigenvalue weighted by Crippen LogP contribution is -2.25. The van der Waals surface area contributed by atoms with Gasteiger partial charge in [-0.15, -0.1) is 0 Å². The van der Waals surface area contributed by atoms with Gasteiger partial charge in [-0.1, -0.05) is 77.1 Å². The van der Waals surface area contributed by atoms with E-state index in [0.717, 1.165) is 33.9 Å². The lowest BCUT2D eigenvalue weighted by atomic mass is 9.98. The quantitative estimate of drug-likeness (QED) is 0.462. The van der Waals surface area contributed by atoms with Gasteiger partial charge in [0.15, 0.2) is 5.16 Å². The average Bonchev–Trinajstić information content (AvgIpc) is 3.04. The molecule has 1 aliphatic rings. The standard InChI is InChI=1S/C20H19BrN2OS/c1-2-16-18(23-15(11-21)12-25-20(23)22-19(16)24)10-14-8-5-7-13-6-3-4-9-17(13)14/h3-9,15H,2,10-12H2,1H3. The summed E-state index contributed by atoms with van der Waals surface area (Å²) in [5.41, 5.74) is 3.18. The lowest BCUT2D eigenvalue weighted by Gasteiger charge is -2.20. The smallest absolute Gasteiger partial charge is 0.277 e. The number of aromatic nitrogens is 2. The minimum Gasteiger partial charge on any atom is -0.319 e. The van der Waals surface area contributed by atoms with Crippen LogP contribution in [0, 0.1) is 0 Å². The molecule has 0 spiro atoms. The van der Waals surface area contributed by atoms with Gasteiger partial charge in [-0.05, 0) is 22.8 Å². The Morgan fingerprint density at radius 3 is 2.84 bits per heavy atom. The molecule has 0 saturated carbocycles. The molecule has 128 valence electrons. The third-order valence-electron chi connectivity index (χ3n) is 4.84. The number of benzene rings is 2. The number of halogens is 1. The van der Waals surface area contributed by atoms with Gasteiger partial charge in [0.05, 0.1) is 6.04 Å². The first-order valence-electron chi connectivity index (χ1n) is 8.52. The molecule has 0 bridgehead atoms. The summed E-state index contributed by atoms with van der Waals surface area (Å²) in [6.07, 6.45) is 1.48. The second-order valence-corrected chi connectivity index (χ2v) is 7.92. The molecule has 0 fully saturated rings. The van der Waals surface area contributed by atoms with Crippen LogP contribution in [-0.4, -0.2) is 20.6 Å². The SMILES string of the molecule is CCc1c(Cc2cccc3ccccc23)n2c(nc1=O)SCC2CBr. The van der Waals surface area contributed by atoms with E-state index in [0.29, 0.717) is 12.5 Å². The Morgan fingerprint density at radius 2 is 2.04 bits per heavy atom. The molecule has 2 aromatic carbocycles. The van der Waals surface area contributed by atoms with Crippen LogP contribution in [0.15, 0.2) is 52.4 Å². The Labute approximate surface area is 159 Å². The van der Waals surface area contributed by atoms with Crippen molar-refractivity contribution >= 4 is 38.5 Å². The molecule has 3 aromatic rings. The van der Waals surface area contributed by atoms with E-state index in [1.807, 2.05) is 6.92 Å². The number of rotatable bonds is 4. The summed E-state index contributed by atoms with van der Waals surface area (Å²) in [5.74, 6) is 0.966. The second kappa shape index (κ2) is 6.96. The number of alkyl halides is 1. The van der Waals surface area contributed by atoms with Gasteiger partial charge >= 0.3 is 0 Å². The number of nitrogens with zero attached hydrogens (tertiary/aromatic N) is 2. The van der Waals surface area contributed by atoms with Crippen LogP contribution in [0.2, 0.25) is 0 Å². The number of hydrogen-bond donors (Lipinski definition) is 0. The van der Waals surface area contributed by atoms with E-state index in [1.54, 1.807) is 11.8 Å². The van der Waals surface area contributed by atoms with Crippen molar-refractivity contribution in [3.8, 4) is 0 Å². The monoisotopic (exact) mass is 414 g/mol. The molecule has 3 nitrogen and oxygen atoms in total. The normalized spacial score (nSPS) is 16.3. The molecule has 2 heterocycles. The van der Waals surface area contributed by atoms with Crippen molar-refractivity contribution in [3.63, 3.8) is 0 Å². The summed E-state index contributed by atoms with van der Waals surface area (Å²) in [5, 5.41) is 4.24. The van der Waals surface area contributed by atoms with E-state index in [4.69, 9.17) is 0 Å². The Kier molecular flexibility index (Phi) is 4.69. The Bertz CT molecular complexity index is 993. The van der Waals surface area contributed by atoms with Gasteiger partial charge in [-0.3, -0.25) is 4.79 Å². The molecule has 4 rings (SSSR count). The van der Waals surface area contributed by atoms with E-state index in [1.165, 1.54) is 16.3 Å². The van der Waals surface area contributed by atoms with Gasteiger partial charge in [0.2, 0.25) is 0 Å². The topological polar surface area (TPSA) is 34.9 Å². The van der Waals surface area contributed by atoms with Crippen molar-refractivity contribution in [2.75, 3.05) is 11.1 Å². The number of thioether (sulfide) groups is 1. The Hall–Kier alpha value is -1.59. The minimum atomic E-state index is -0.0632. The van der Waals surface area contributed by atoms with E-state index >= 15 is 0 Å². The van der Waals surface area contributed by atoms with Gasteiger partial charge < -0.3 is 4.57 Å². The highest BCUT2D eigenvalue weighted by Gasteiger charge is 2.27. The number of hydrogen-bond acceptors (Lipinski definition) is 3. The fourth-order valence-corrected chi connectivity index (χ4v) is 5.58. The van der Waals surface area contributed by atoms with Crippen LogP contribution in [0.3, 0.4) is 0 Å². The Morgan fingerprint density at radius 1 is 1.24 bits per heavy atom. The van der Waals surface area contributed by atoms with Crippen molar-refractivity contribution in [2.45, 2.75) is 31.0 Å². The Balaban J connectivity index is 1.92. The molecule has 0 amide bonds. The average molecular weight is 415 g/mol. The summed E-state index contributed by atoms with van der Waals surface area (Å²) < 4.78 is 2.29. The van der Waals surface area contributed by atoms with Crippen molar-refractivity contribution in [3.05, 3.63) is 69.6 Å². The molecule has 0 saturated heterocycles. The van der Waals surface area contributed by atoms with Crippen LogP contribution >= 0.6 is 27.7 Å². The van der Waals surface area contributed by atoms with E-state index < -0.39 is 0 Å². The predicted molar refractivity (Wildman–Crippen MR) is 108 cm³/mol. The molecule has 5 heteroatoms. The van der Waals surface area contributed by atoms with Crippen LogP contribution in [-0.2, 0) is 12.8 Å². The zero-order valence-corrected chi connectivity index (χ0v) is 16.4. The second-order valence-electron chi connectivity index (χ2n) is 6.28. The van der Waals surface area contributed by atoms with Crippen LogP contribution in [0.25, 0.3) is 10.8 Å². The maximum atomic E-state index is 12.5. The molecule has 1 unspecified atom stereocenters. The van der Waals surface area contributed by atoms with Gasteiger partial charge in [0, 0.05) is 28.8 Å². The van der Waals surface area contributed by atoms with Crippen molar-refractivity contribution in [1.82, 2.24) is 9.55 Å². The molecular weight excluding hydrogens is 396 g/mol. The third-order valence-corrected chi connectivity index (χ3v) is 6.69. The highest BCUT2D eigenvalue weighted by atomic mass is 79.9. The molecule has 0 N–H and O–H groups in total. The van der Waals surface area contributed by atoms with E-state index in [-0.39, 0.29) is 5.56 Å². The van der Waals surface area contributed by atoms with Crippen molar-refractivity contribution < 1.29 is 0 Å². The van der Waals surface area contributed by atoms with E-state index in [2.05, 4.69) is 67.9 Å². The summed E-state index contributed by atoms with van der Waals surface area (Å²) in [6.45, 7) is 2.04. The maximum absolute atomic E-state index is 12.5. The largest absolute Gasteiger partial charge is 0.319 e.